The Bertz CT molecular complexity index is 953. The maximum Gasteiger partial charge on any atom is 0.215 e. The number of nitriles is 1. The third-order valence-corrected chi connectivity index (χ3v) is 6.11. The Balaban J connectivity index is 1.29. The average Bonchev–Trinajstić information content (AvgIpc) is 3.38. The van der Waals surface area contributed by atoms with Gasteiger partial charge in [-0.3, -0.25) is 0 Å². The van der Waals surface area contributed by atoms with Gasteiger partial charge in [0.1, 0.15) is 17.6 Å². The molecule has 1 aromatic carbocycles. The molecular weight excluding hydrogens is 390 g/mol. The highest BCUT2D eigenvalue weighted by atomic mass is 16.5. The molecule has 0 N–H and O–H groups in total. The standard InChI is InChI=1S/C25H29N3O3/c1-17(11-18(2)29)19-3-5-23(6-4-19)31-24-8-10-28(15-24)22-7-9-27-25(13-22)30-16-21-12-20(21)14-26/h3-7,9,13,17,20-21,24H,8,10-12,15-16H2,1-2H3/t17-,20?,21?,24-/m1/s1. The van der Waals surface area contributed by atoms with Gasteiger partial charge in [0.05, 0.1) is 25.1 Å². The van der Waals surface area contributed by atoms with Gasteiger partial charge in [0, 0.05) is 43.3 Å². The minimum absolute atomic E-state index is 0.126. The van der Waals surface area contributed by atoms with Crippen molar-refractivity contribution >= 4 is 11.5 Å². The predicted octanol–water partition coefficient (Wildman–Crippen LogP) is 4.36. The minimum Gasteiger partial charge on any atom is -0.489 e. The highest BCUT2D eigenvalue weighted by molar-refractivity contribution is 5.76. The van der Waals surface area contributed by atoms with Crippen LogP contribution in [-0.2, 0) is 4.79 Å². The first kappa shape index (κ1) is 21.2. The topological polar surface area (TPSA) is 75.4 Å². The van der Waals surface area contributed by atoms with Crippen LogP contribution in [0.5, 0.6) is 11.6 Å². The molecule has 0 bridgehead atoms. The zero-order chi connectivity index (χ0) is 21.8. The lowest BCUT2D eigenvalue weighted by atomic mass is 9.96. The Hall–Kier alpha value is -3.07. The number of aromatic nitrogens is 1. The number of benzene rings is 1. The average molecular weight is 420 g/mol. The SMILES string of the molecule is CC(=O)C[C@@H](C)c1ccc(O[C@@H]2CCN(c3ccnc(OCC4CC4C#N)c3)C2)cc1. The van der Waals surface area contributed by atoms with Crippen molar-refractivity contribution < 1.29 is 14.3 Å². The van der Waals surface area contributed by atoms with Crippen LogP contribution in [0.4, 0.5) is 5.69 Å². The quantitative estimate of drug-likeness (QED) is 0.601. The zero-order valence-electron chi connectivity index (χ0n) is 18.2. The Morgan fingerprint density at radius 3 is 2.84 bits per heavy atom. The molecule has 1 saturated carbocycles. The van der Waals surface area contributed by atoms with Crippen molar-refractivity contribution in [2.24, 2.45) is 11.8 Å². The van der Waals surface area contributed by atoms with Gasteiger partial charge >= 0.3 is 0 Å². The lowest BCUT2D eigenvalue weighted by Gasteiger charge is -2.20. The molecule has 1 aromatic heterocycles. The molecule has 0 radical (unpaired) electrons. The molecular formula is C25H29N3O3. The molecule has 6 heteroatoms. The summed E-state index contributed by atoms with van der Waals surface area (Å²) in [4.78, 5) is 17.9. The summed E-state index contributed by atoms with van der Waals surface area (Å²) < 4.78 is 12.0. The van der Waals surface area contributed by atoms with Crippen LogP contribution < -0.4 is 14.4 Å². The minimum atomic E-state index is 0.126. The van der Waals surface area contributed by atoms with Crippen LogP contribution >= 0.6 is 0 Å². The summed E-state index contributed by atoms with van der Waals surface area (Å²) in [6, 6.07) is 14.4. The highest BCUT2D eigenvalue weighted by Crippen LogP contribution is 2.38. The van der Waals surface area contributed by atoms with Crippen LogP contribution in [0.25, 0.3) is 0 Å². The molecule has 2 unspecified atom stereocenters. The van der Waals surface area contributed by atoms with E-state index in [2.05, 4.69) is 35.0 Å². The van der Waals surface area contributed by atoms with Crippen molar-refractivity contribution in [1.29, 1.82) is 5.26 Å². The molecule has 2 heterocycles. The summed E-state index contributed by atoms with van der Waals surface area (Å²) in [7, 11) is 0. The summed E-state index contributed by atoms with van der Waals surface area (Å²) in [5.74, 6) is 2.40. The summed E-state index contributed by atoms with van der Waals surface area (Å²) >= 11 is 0. The number of hydrogen-bond acceptors (Lipinski definition) is 6. The molecule has 0 spiro atoms. The van der Waals surface area contributed by atoms with Gasteiger partial charge in [-0.25, -0.2) is 4.98 Å². The van der Waals surface area contributed by atoms with Crippen LogP contribution in [-0.4, -0.2) is 36.6 Å². The molecule has 31 heavy (non-hydrogen) atoms. The molecule has 1 saturated heterocycles. The fraction of sp³-hybridized carbons (Fsp3) is 0.480. The van der Waals surface area contributed by atoms with Crippen molar-refractivity contribution in [2.45, 2.75) is 45.1 Å². The van der Waals surface area contributed by atoms with E-state index in [9.17, 15) is 4.79 Å². The van der Waals surface area contributed by atoms with Crippen molar-refractivity contribution in [2.75, 3.05) is 24.6 Å². The van der Waals surface area contributed by atoms with Crippen molar-refractivity contribution in [3.63, 3.8) is 0 Å². The number of hydrogen-bond donors (Lipinski definition) is 0. The lowest BCUT2D eigenvalue weighted by molar-refractivity contribution is -0.117. The summed E-state index contributed by atoms with van der Waals surface area (Å²) in [6.45, 7) is 5.99. The van der Waals surface area contributed by atoms with Crippen LogP contribution in [0, 0.1) is 23.2 Å². The number of carbonyl (C=O) groups excluding carboxylic acids is 1. The van der Waals surface area contributed by atoms with E-state index in [-0.39, 0.29) is 23.7 Å². The number of anilines is 1. The molecule has 2 aliphatic rings. The van der Waals surface area contributed by atoms with Gasteiger partial charge in [0.2, 0.25) is 5.88 Å². The first-order chi connectivity index (χ1) is 15.0. The van der Waals surface area contributed by atoms with Gasteiger partial charge in [0.25, 0.3) is 0 Å². The first-order valence-corrected chi connectivity index (χ1v) is 11.0. The fourth-order valence-electron chi connectivity index (χ4n) is 4.13. The van der Waals surface area contributed by atoms with E-state index >= 15 is 0 Å². The molecule has 4 rings (SSSR count). The van der Waals surface area contributed by atoms with Gasteiger partial charge in [-0.2, -0.15) is 5.26 Å². The smallest absolute Gasteiger partial charge is 0.215 e. The Labute approximate surface area is 183 Å². The van der Waals surface area contributed by atoms with Gasteiger partial charge in [-0.05, 0) is 43.0 Å². The van der Waals surface area contributed by atoms with E-state index in [4.69, 9.17) is 14.7 Å². The Morgan fingerprint density at radius 1 is 1.32 bits per heavy atom. The molecule has 2 aromatic rings. The van der Waals surface area contributed by atoms with Crippen molar-refractivity contribution in [3.8, 4) is 17.7 Å². The van der Waals surface area contributed by atoms with E-state index in [0.29, 0.717) is 24.8 Å². The van der Waals surface area contributed by atoms with E-state index in [1.165, 1.54) is 0 Å². The van der Waals surface area contributed by atoms with Crippen molar-refractivity contribution in [3.05, 3.63) is 48.2 Å². The number of ether oxygens (including phenoxy) is 2. The van der Waals surface area contributed by atoms with Gasteiger partial charge in [-0.1, -0.05) is 19.1 Å². The number of rotatable bonds is 9. The first-order valence-electron chi connectivity index (χ1n) is 11.0. The largest absolute Gasteiger partial charge is 0.489 e. The highest BCUT2D eigenvalue weighted by Gasteiger charge is 2.38. The van der Waals surface area contributed by atoms with E-state index in [1.807, 2.05) is 24.3 Å². The molecule has 162 valence electrons. The van der Waals surface area contributed by atoms with Crippen LogP contribution in [0.15, 0.2) is 42.6 Å². The van der Waals surface area contributed by atoms with Crippen LogP contribution in [0.1, 0.15) is 44.6 Å². The number of ketones is 1. The number of nitrogens with zero attached hydrogens (tertiary/aromatic N) is 3. The fourth-order valence-corrected chi connectivity index (χ4v) is 4.13. The maximum absolute atomic E-state index is 11.3. The molecule has 1 aliphatic carbocycles. The van der Waals surface area contributed by atoms with Gasteiger partial charge < -0.3 is 19.2 Å². The molecule has 6 nitrogen and oxygen atoms in total. The van der Waals surface area contributed by atoms with Gasteiger partial charge in [0.15, 0.2) is 0 Å². The van der Waals surface area contributed by atoms with E-state index in [1.54, 1.807) is 13.1 Å². The van der Waals surface area contributed by atoms with Crippen LogP contribution in [0.2, 0.25) is 0 Å². The lowest BCUT2D eigenvalue weighted by Crippen LogP contribution is -2.24. The molecule has 0 amide bonds. The second-order valence-electron chi connectivity index (χ2n) is 8.75. The van der Waals surface area contributed by atoms with Crippen LogP contribution in [0.3, 0.4) is 0 Å². The Kier molecular flexibility index (Phi) is 6.41. The van der Waals surface area contributed by atoms with E-state index in [0.717, 1.165) is 42.9 Å². The molecule has 1 aliphatic heterocycles. The monoisotopic (exact) mass is 419 g/mol. The van der Waals surface area contributed by atoms with Gasteiger partial charge in [-0.15, -0.1) is 0 Å². The Morgan fingerprint density at radius 2 is 2.13 bits per heavy atom. The third kappa shape index (κ3) is 5.55. The maximum atomic E-state index is 11.3. The molecule has 4 atom stereocenters. The third-order valence-electron chi connectivity index (χ3n) is 6.11. The number of carbonyl (C=O) groups is 1. The number of pyridine rings is 1. The van der Waals surface area contributed by atoms with Crippen molar-refractivity contribution in [1.82, 2.24) is 4.98 Å². The zero-order valence-corrected chi connectivity index (χ0v) is 18.2. The second-order valence-corrected chi connectivity index (χ2v) is 8.75. The van der Waals surface area contributed by atoms with E-state index < -0.39 is 0 Å². The number of Topliss-reactive ketones (excluding diaryl/α,β-unsaturated/α-hetero) is 1. The summed E-state index contributed by atoms with van der Waals surface area (Å²) in [6.07, 6.45) is 4.34. The predicted molar refractivity (Wildman–Crippen MR) is 118 cm³/mol. The summed E-state index contributed by atoms with van der Waals surface area (Å²) in [5, 5.41) is 8.91. The summed E-state index contributed by atoms with van der Waals surface area (Å²) in [5.41, 5.74) is 2.24. The second kappa shape index (κ2) is 9.38. The normalized spacial score (nSPS) is 23.1. The molecule has 2 fully saturated rings.